The third kappa shape index (κ3) is 1.60. The standard InChI is InChI=1S/C13H18NOP/c1-13(2,3)16-14-12-10-7-5-4-6-9(10)8-11(12)15-16/h4-7,11-12,14H,8H2,1-3H3/t11-,12+,16+/m1/s1. The number of nitrogens with one attached hydrogen (secondary N) is 1. The van der Waals surface area contributed by atoms with Gasteiger partial charge in [0, 0.05) is 11.6 Å². The molecule has 0 aromatic heterocycles. The second-order valence-electron chi connectivity index (χ2n) is 5.62. The topological polar surface area (TPSA) is 21.3 Å². The van der Waals surface area contributed by atoms with Crippen LogP contribution in [-0.2, 0) is 10.9 Å². The van der Waals surface area contributed by atoms with E-state index in [1.807, 2.05) is 0 Å². The largest absolute Gasteiger partial charge is 0.338 e. The molecule has 1 aliphatic carbocycles. The van der Waals surface area contributed by atoms with Crippen LogP contribution in [0.25, 0.3) is 0 Å². The maximum Gasteiger partial charge on any atom is 0.108 e. The van der Waals surface area contributed by atoms with E-state index in [0.717, 1.165) is 6.42 Å². The summed E-state index contributed by atoms with van der Waals surface area (Å²) < 4.78 is 6.19. The molecule has 3 atom stereocenters. The molecule has 0 unspecified atom stereocenters. The van der Waals surface area contributed by atoms with E-state index >= 15 is 0 Å². The molecule has 0 saturated carbocycles. The molecular formula is C13H18NOP. The summed E-state index contributed by atoms with van der Waals surface area (Å²) in [5.74, 6) is 0. The molecule has 0 amide bonds. The highest BCUT2D eigenvalue weighted by molar-refractivity contribution is 7.52. The van der Waals surface area contributed by atoms with Gasteiger partial charge >= 0.3 is 0 Å². The van der Waals surface area contributed by atoms with Crippen LogP contribution < -0.4 is 5.09 Å². The van der Waals surface area contributed by atoms with Gasteiger partial charge in [-0.3, -0.25) is 5.09 Å². The van der Waals surface area contributed by atoms with Crippen molar-refractivity contribution >= 4 is 8.30 Å². The van der Waals surface area contributed by atoms with Gasteiger partial charge in [0.25, 0.3) is 0 Å². The van der Waals surface area contributed by atoms with Gasteiger partial charge in [-0.25, -0.2) is 0 Å². The van der Waals surface area contributed by atoms with Crippen molar-refractivity contribution in [2.24, 2.45) is 0 Å². The average Bonchev–Trinajstić information content (AvgIpc) is 2.72. The molecule has 1 heterocycles. The Morgan fingerprint density at radius 2 is 2.06 bits per heavy atom. The predicted molar refractivity (Wildman–Crippen MR) is 67.6 cm³/mol. The van der Waals surface area contributed by atoms with Gasteiger partial charge in [-0.15, -0.1) is 0 Å². The predicted octanol–water partition coefficient (Wildman–Crippen LogP) is 3.38. The van der Waals surface area contributed by atoms with Crippen molar-refractivity contribution < 1.29 is 4.52 Å². The minimum Gasteiger partial charge on any atom is -0.338 e. The van der Waals surface area contributed by atoms with Gasteiger partial charge in [0.1, 0.15) is 8.30 Å². The van der Waals surface area contributed by atoms with E-state index in [-0.39, 0.29) is 5.16 Å². The van der Waals surface area contributed by atoms with Crippen molar-refractivity contribution in [2.45, 2.75) is 44.5 Å². The normalized spacial score (nSPS) is 32.6. The Morgan fingerprint density at radius 1 is 1.31 bits per heavy atom. The van der Waals surface area contributed by atoms with E-state index in [1.54, 1.807) is 0 Å². The van der Waals surface area contributed by atoms with Gasteiger partial charge in [0.05, 0.1) is 12.1 Å². The first kappa shape index (κ1) is 10.7. The minimum absolute atomic E-state index is 0.231. The molecule has 16 heavy (non-hydrogen) atoms. The molecule has 1 saturated heterocycles. The molecule has 1 aliphatic heterocycles. The van der Waals surface area contributed by atoms with E-state index in [9.17, 15) is 0 Å². The molecule has 1 N–H and O–H groups in total. The number of hydrogen-bond donors (Lipinski definition) is 1. The second kappa shape index (κ2) is 3.53. The van der Waals surface area contributed by atoms with E-state index < -0.39 is 8.30 Å². The van der Waals surface area contributed by atoms with Crippen LogP contribution in [-0.4, -0.2) is 11.3 Å². The molecule has 0 spiro atoms. The Labute approximate surface area is 98.3 Å². The van der Waals surface area contributed by atoms with E-state index in [1.165, 1.54) is 11.1 Å². The van der Waals surface area contributed by atoms with E-state index in [2.05, 4.69) is 50.1 Å². The summed E-state index contributed by atoms with van der Waals surface area (Å²) >= 11 is 0. The average molecular weight is 235 g/mol. The number of rotatable bonds is 0. The van der Waals surface area contributed by atoms with Crippen molar-refractivity contribution in [3.05, 3.63) is 35.4 Å². The van der Waals surface area contributed by atoms with Crippen LogP contribution in [0.4, 0.5) is 0 Å². The van der Waals surface area contributed by atoms with Gasteiger partial charge in [-0.05, 0) is 11.1 Å². The van der Waals surface area contributed by atoms with Crippen LogP contribution in [0.5, 0.6) is 0 Å². The number of fused-ring (bicyclic) bond motifs is 3. The number of hydrogen-bond acceptors (Lipinski definition) is 2. The SMILES string of the molecule is CC(C)(C)[P@@]1N[C@H]2c3ccccc3C[C@H]2O1. The molecule has 86 valence electrons. The van der Waals surface area contributed by atoms with Crippen LogP contribution in [0, 0.1) is 0 Å². The summed E-state index contributed by atoms with van der Waals surface area (Å²) in [7, 11) is -0.494. The summed E-state index contributed by atoms with van der Waals surface area (Å²) in [6.45, 7) is 6.75. The van der Waals surface area contributed by atoms with Crippen LogP contribution in [0.2, 0.25) is 0 Å². The van der Waals surface area contributed by atoms with E-state index in [4.69, 9.17) is 4.52 Å². The maximum absolute atomic E-state index is 6.19. The van der Waals surface area contributed by atoms with Crippen molar-refractivity contribution in [1.82, 2.24) is 5.09 Å². The Morgan fingerprint density at radius 3 is 2.81 bits per heavy atom. The van der Waals surface area contributed by atoms with Gasteiger partial charge < -0.3 is 4.52 Å². The lowest BCUT2D eigenvalue weighted by Gasteiger charge is -2.26. The van der Waals surface area contributed by atoms with Crippen LogP contribution in [0.3, 0.4) is 0 Å². The molecule has 3 heteroatoms. The van der Waals surface area contributed by atoms with Gasteiger partial charge in [0.2, 0.25) is 0 Å². The molecular weight excluding hydrogens is 217 g/mol. The molecule has 0 bridgehead atoms. The monoisotopic (exact) mass is 235 g/mol. The first-order chi connectivity index (χ1) is 7.55. The van der Waals surface area contributed by atoms with Crippen molar-refractivity contribution in [1.29, 1.82) is 0 Å². The fourth-order valence-electron chi connectivity index (χ4n) is 2.45. The highest BCUT2D eigenvalue weighted by Gasteiger charge is 2.45. The van der Waals surface area contributed by atoms with Crippen molar-refractivity contribution in [3.8, 4) is 0 Å². The third-order valence-electron chi connectivity index (χ3n) is 3.29. The van der Waals surface area contributed by atoms with Gasteiger partial charge in [0.15, 0.2) is 0 Å². The summed E-state index contributed by atoms with van der Waals surface area (Å²) in [5, 5.41) is 3.92. The van der Waals surface area contributed by atoms with Crippen LogP contribution in [0.15, 0.2) is 24.3 Å². The maximum atomic E-state index is 6.19. The van der Waals surface area contributed by atoms with Gasteiger partial charge in [-0.1, -0.05) is 45.0 Å². The first-order valence-corrected chi connectivity index (χ1v) is 7.12. The molecule has 3 rings (SSSR count). The molecule has 2 nitrogen and oxygen atoms in total. The summed E-state index contributed by atoms with van der Waals surface area (Å²) in [4.78, 5) is 0. The lowest BCUT2D eigenvalue weighted by molar-refractivity contribution is 0.236. The zero-order valence-electron chi connectivity index (χ0n) is 10.0. The summed E-state index contributed by atoms with van der Waals surface area (Å²) in [6, 6.07) is 9.13. The Kier molecular flexibility index (Phi) is 2.36. The smallest absolute Gasteiger partial charge is 0.108 e. The molecule has 1 fully saturated rings. The summed E-state index contributed by atoms with van der Waals surface area (Å²) in [6.07, 6.45) is 1.44. The second-order valence-corrected chi connectivity index (χ2v) is 8.02. The zero-order chi connectivity index (χ0) is 11.3. The molecule has 1 aromatic carbocycles. The molecule has 0 radical (unpaired) electrons. The molecule has 1 aromatic rings. The van der Waals surface area contributed by atoms with Crippen LogP contribution >= 0.6 is 8.30 Å². The number of benzene rings is 1. The third-order valence-corrected chi connectivity index (χ3v) is 5.50. The lowest BCUT2D eigenvalue weighted by Crippen LogP contribution is -2.20. The summed E-state index contributed by atoms with van der Waals surface area (Å²) in [5.41, 5.74) is 2.90. The Bertz CT molecular complexity index is 413. The highest BCUT2D eigenvalue weighted by Crippen LogP contribution is 2.58. The van der Waals surface area contributed by atoms with Crippen LogP contribution in [0.1, 0.15) is 37.9 Å². The Balaban J connectivity index is 1.87. The lowest BCUT2D eigenvalue weighted by atomic mass is 10.1. The fraction of sp³-hybridized carbons (Fsp3) is 0.538. The quantitative estimate of drug-likeness (QED) is 0.696. The fourth-order valence-corrected chi connectivity index (χ4v) is 4.24. The zero-order valence-corrected chi connectivity index (χ0v) is 10.9. The van der Waals surface area contributed by atoms with E-state index in [0.29, 0.717) is 12.1 Å². The van der Waals surface area contributed by atoms with Gasteiger partial charge in [-0.2, -0.15) is 0 Å². The van der Waals surface area contributed by atoms with Crippen molar-refractivity contribution in [2.75, 3.05) is 0 Å². The molecule has 2 aliphatic rings. The Hall–Kier alpha value is -0.430. The van der Waals surface area contributed by atoms with Crippen molar-refractivity contribution in [3.63, 3.8) is 0 Å². The highest BCUT2D eigenvalue weighted by atomic mass is 31.2. The first-order valence-electron chi connectivity index (χ1n) is 5.87. The minimum atomic E-state index is -0.494.